The van der Waals surface area contributed by atoms with Crippen molar-refractivity contribution < 1.29 is 89.4 Å². The van der Waals surface area contributed by atoms with Crippen LogP contribution in [0.25, 0.3) is 0 Å². The molecule has 19 nitrogen and oxygen atoms in total. The van der Waals surface area contributed by atoms with Crippen LogP contribution in [0.3, 0.4) is 0 Å². The molecular weight excluding hydrogens is 614 g/mol. The van der Waals surface area contributed by atoms with Gasteiger partial charge in [0, 0.05) is 6.92 Å². The first-order chi connectivity index (χ1) is 21.3. The molecule has 45 heavy (non-hydrogen) atoms. The van der Waals surface area contributed by atoms with Gasteiger partial charge in [-0.2, -0.15) is 0 Å². The number of amides is 1. The lowest BCUT2D eigenvalue weighted by atomic mass is 9.96. The van der Waals surface area contributed by atoms with E-state index in [4.69, 9.17) is 28.4 Å². The molecule has 3 fully saturated rings. The maximum atomic E-state index is 11.5. The third-order valence-corrected chi connectivity index (χ3v) is 7.70. The van der Waals surface area contributed by atoms with Gasteiger partial charge in [0.25, 0.3) is 0 Å². The van der Waals surface area contributed by atoms with Crippen LogP contribution in [-0.4, -0.2) is 193 Å². The molecule has 0 radical (unpaired) electrons. The molecule has 3 heterocycles. The minimum Gasteiger partial charge on any atom is -0.394 e. The standard InChI is InChI=1S/C26H45NO18/c1-3-4-11(32)10(27-9(2)31)8-40-24-20(38)17(35)22(13(6-29)42-24)45-26-21(39)18(36)23(14(7-30)43-26)44-25-19(37)16(34)15(33)12(5-28)41-25/h3-4,10-26,28-30,32-39H,5-8H2,1-2H3,(H,27,31)/b4-3+/t10-,11?,12?,13?,14?,15-,16?,17?,18?,19?,20?,21?,22+,23-,24+,25+,26-/m0/s1. The van der Waals surface area contributed by atoms with Gasteiger partial charge in [-0.15, -0.1) is 0 Å². The van der Waals surface area contributed by atoms with Crippen LogP contribution in [0.1, 0.15) is 13.8 Å². The summed E-state index contributed by atoms with van der Waals surface area (Å²) in [6, 6.07) is -0.964. The van der Waals surface area contributed by atoms with Crippen LogP contribution in [-0.2, 0) is 33.2 Å². The normalized spacial score (nSPS) is 44.1. The lowest BCUT2D eigenvalue weighted by Gasteiger charge is -2.48. The number of nitrogens with one attached hydrogen (secondary N) is 1. The molecular formula is C26H45NO18. The number of hydrogen-bond donors (Lipinski definition) is 12. The number of ether oxygens (including phenoxy) is 6. The zero-order chi connectivity index (χ0) is 33.6. The van der Waals surface area contributed by atoms with E-state index in [0.29, 0.717) is 0 Å². The fourth-order valence-corrected chi connectivity index (χ4v) is 5.20. The monoisotopic (exact) mass is 659 g/mol. The van der Waals surface area contributed by atoms with Crippen LogP contribution in [0.2, 0.25) is 0 Å². The predicted octanol–water partition coefficient (Wildman–Crippen LogP) is -7.11. The first kappa shape index (κ1) is 38.0. The van der Waals surface area contributed by atoms with Gasteiger partial charge in [-0.25, -0.2) is 0 Å². The number of rotatable bonds is 13. The Balaban J connectivity index is 1.68. The van der Waals surface area contributed by atoms with Crippen LogP contribution in [0.15, 0.2) is 12.2 Å². The molecule has 12 N–H and O–H groups in total. The van der Waals surface area contributed by atoms with Gasteiger partial charge in [-0.3, -0.25) is 4.79 Å². The fourth-order valence-electron chi connectivity index (χ4n) is 5.20. The Hall–Kier alpha value is -1.47. The molecule has 3 aliphatic rings. The highest BCUT2D eigenvalue weighted by atomic mass is 16.8. The topological polar surface area (TPSA) is 307 Å². The number of hydrogen-bond acceptors (Lipinski definition) is 18. The molecule has 0 spiro atoms. The van der Waals surface area contributed by atoms with Crippen molar-refractivity contribution in [2.75, 3.05) is 26.4 Å². The van der Waals surface area contributed by atoms with E-state index in [2.05, 4.69) is 5.32 Å². The van der Waals surface area contributed by atoms with Gasteiger partial charge in [0.2, 0.25) is 5.91 Å². The number of aliphatic hydroxyl groups is 11. The Kier molecular flexibility index (Phi) is 14.4. The number of aliphatic hydroxyl groups excluding tert-OH is 11. The van der Waals surface area contributed by atoms with Crippen molar-refractivity contribution in [3.8, 4) is 0 Å². The SMILES string of the molecule is C/C=C/C(O)[C@H](CO[C@@H]1OC(CO)[C@@H](O[C@@H]2OC(CO)[C@H](O[C@H]3OC(CO)[C@H](O)C(O)C3O)C(O)C2O)C(O)C1O)NC(C)=O. The molecule has 0 aliphatic carbocycles. The lowest BCUT2D eigenvalue weighted by molar-refractivity contribution is -0.379. The number of carbonyl (C=O) groups is 1. The summed E-state index contributed by atoms with van der Waals surface area (Å²) in [4.78, 5) is 11.5. The molecule has 0 saturated carbocycles. The highest BCUT2D eigenvalue weighted by molar-refractivity contribution is 5.73. The maximum absolute atomic E-state index is 11.5. The lowest BCUT2D eigenvalue weighted by Crippen LogP contribution is -2.66. The van der Waals surface area contributed by atoms with Gasteiger partial charge in [0.15, 0.2) is 18.9 Å². The molecule has 262 valence electrons. The first-order valence-electron chi connectivity index (χ1n) is 14.3. The quantitative estimate of drug-likeness (QED) is 0.0817. The van der Waals surface area contributed by atoms with E-state index in [-0.39, 0.29) is 6.61 Å². The molecule has 1 amide bonds. The molecule has 19 heteroatoms. The minimum atomic E-state index is -1.97. The molecule has 3 rings (SSSR count). The van der Waals surface area contributed by atoms with Crippen LogP contribution in [0.4, 0.5) is 0 Å². The average molecular weight is 660 g/mol. The van der Waals surface area contributed by atoms with Gasteiger partial charge in [0.1, 0.15) is 73.2 Å². The Morgan fingerprint density at radius 1 is 0.711 bits per heavy atom. The third-order valence-electron chi connectivity index (χ3n) is 7.70. The largest absolute Gasteiger partial charge is 0.394 e. The highest BCUT2D eigenvalue weighted by Crippen LogP contribution is 2.32. The van der Waals surface area contributed by atoms with Crippen molar-refractivity contribution in [2.24, 2.45) is 0 Å². The van der Waals surface area contributed by atoms with Crippen molar-refractivity contribution in [1.82, 2.24) is 5.32 Å². The van der Waals surface area contributed by atoms with Crippen molar-refractivity contribution >= 4 is 5.91 Å². The molecule has 0 aromatic heterocycles. The fraction of sp³-hybridized carbons (Fsp3) is 0.885. The van der Waals surface area contributed by atoms with Crippen LogP contribution in [0.5, 0.6) is 0 Å². The van der Waals surface area contributed by atoms with E-state index in [0.717, 1.165) is 0 Å². The predicted molar refractivity (Wildman–Crippen MR) is 143 cm³/mol. The van der Waals surface area contributed by atoms with Gasteiger partial charge in [0.05, 0.1) is 38.6 Å². The maximum Gasteiger partial charge on any atom is 0.217 e. The van der Waals surface area contributed by atoms with E-state index in [1.807, 2.05) is 0 Å². The van der Waals surface area contributed by atoms with Gasteiger partial charge >= 0.3 is 0 Å². The van der Waals surface area contributed by atoms with Crippen molar-refractivity contribution in [3.63, 3.8) is 0 Å². The smallest absolute Gasteiger partial charge is 0.217 e. The first-order valence-corrected chi connectivity index (χ1v) is 14.3. The summed E-state index contributed by atoms with van der Waals surface area (Å²) >= 11 is 0. The summed E-state index contributed by atoms with van der Waals surface area (Å²) in [6.45, 7) is 0.0635. The van der Waals surface area contributed by atoms with Crippen LogP contribution >= 0.6 is 0 Å². The number of allylic oxidation sites excluding steroid dienone is 1. The van der Waals surface area contributed by atoms with Gasteiger partial charge in [-0.1, -0.05) is 12.2 Å². The second-order valence-electron chi connectivity index (χ2n) is 11.0. The zero-order valence-corrected chi connectivity index (χ0v) is 24.6. The van der Waals surface area contributed by atoms with Gasteiger partial charge in [-0.05, 0) is 6.92 Å². The van der Waals surface area contributed by atoms with Crippen molar-refractivity contribution in [2.45, 2.75) is 118 Å². The summed E-state index contributed by atoms with van der Waals surface area (Å²) < 4.78 is 33.0. The molecule has 17 atom stereocenters. The summed E-state index contributed by atoms with van der Waals surface area (Å²) in [5.74, 6) is -0.478. The van der Waals surface area contributed by atoms with Crippen molar-refractivity contribution in [3.05, 3.63) is 12.2 Å². The van der Waals surface area contributed by atoms with Crippen molar-refractivity contribution in [1.29, 1.82) is 0 Å². The summed E-state index contributed by atoms with van der Waals surface area (Å²) in [7, 11) is 0. The Bertz CT molecular complexity index is 940. The van der Waals surface area contributed by atoms with E-state index >= 15 is 0 Å². The minimum absolute atomic E-state index is 0.381. The molecule has 0 aromatic carbocycles. The summed E-state index contributed by atoms with van der Waals surface area (Å²) in [6.07, 6.45) is -23.7. The second kappa shape index (κ2) is 17.1. The van der Waals surface area contributed by atoms with E-state index < -0.39 is 130 Å². The van der Waals surface area contributed by atoms with Crippen LogP contribution in [0, 0.1) is 0 Å². The molecule has 3 aliphatic heterocycles. The highest BCUT2D eigenvalue weighted by Gasteiger charge is 2.53. The average Bonchev–Trinajstić information content (AvgIpc) is 3.01. The van der Waals surface area contributed by atoms with E-state index in [1.54, 1.807) is 13.0 Å². The van der Waals surface area contributed by atoms with Gasteiger partial charge < -0.3 is 89.9 Å². The molecule has 10 unspecified atom stereocenters. The Morgan fingerprint density at radius 2 is 1.16 bits per heavy atom. The molecule has 0 bridgehead atoms. The Labute approximate surface area is 257 Å². The summed E-state index contributed by atoms with van der Waals surface area (Å²) in [5.41, 5.74) is 0. The summed E-state index contributed by atoms with van der Waals surface area (Å²) in [5, 5.41) is 115. The number of carbonyl (C=O) groups excluding carboxylic acids is 1. The van der Waals surface area contributed by atoms with E-state index in [1.165, 1.54) is 13.0 Å². The Morgan fingerprint density at radius 3 is 1.62 bits per heavy atom. The second-order valence-corrected chi connectivity index (χ2v) is 11.0. The third kappa shape index (κ3) is 8.91. The molecule has 3 saturated heterocycles. The molecule has 0 aromatic rings. The zero-order valence-electron chi connectivity index (χ0n) is 24.6. The van der Waals surface area contributed by atoms with E-state index in [9.17, 15) is 61.0 Å². The van der Waals surface area contributed by atoms with Crippen LogP contribution < -0.4 is 5.32 Å².